The molecular weight excluding hydrogens is 340 g/mol. The highest BCUT2D eigenvalue weighted by Crippen LogP contribution is 2.08. The molecule has 0 fully saturated rings. The van der Waals surface area contributed by atoms with Crippen LogP contribution in [0.4, 0.5) is 8.78 Å². The molecule has 0 atom stereocenters. The van der Waals surface area contributed by atoms with E-state index in [2.05, 4.69) is 22.5 Å². The maximum Gasteiger partial charge on any atom is 0.191 e. The van der Waals surface area contributed by atoms with E-state index in [1.807, 2.05) is 6.92 Å². The van der Waals surface area contributed by atoms with Crippen LogP contribution in [0.3, 0.4) is 0 Å². The molecule has 0 saturated heterocycles. The minimum absolute atomic E-state index is 0.505. The van der Waals surface area contributed by atoms with Crippen molar-refractivity contribution in [3.63, 3.8) is 0 Å². The summed E-state index contributed by atoms with van der Waals surface area (Å²) in [6.07, 6.45) is 2.71. The van der Waals surface area contributed by atoms with Crippen LogP contribution in [0.1, 0.15) is 32.3 Å². The van der Waals surface area contributed by atoms with Crippen molar-refractivity contribution in [1.82, 2.24) is 10.6 Å². The lowest BCUT2D eigenvalue weighted by Gasteiger charge is -2.11. The van der Waals surface area contributed by atoms with Crippen molar-refractivity contribution < 1.29 is 18.3 Å². The Morgan fingerprint density at radius 1 is 0.962 bits per heavy atom. The Morgan fingerprint density at radius 2 is 1.65 bits per heavy atom. The number of hydrogen-bond donors (Lipinski definition) is 2. The van der Waals surface area contributed by atoms with Crippen LogP contribution in [0.15, 0.2) is 23.2 Å². The average molecular weight is 371 g/mol. The number of aliphatic imine (C=N–C) groups is 1. The second kappa shape index (κ2) is 14.4. The Bertz CT molecular complexity index is 507. The lowest BCUT2D eigenvalue weighted by atomic mass is 10.1. The number of guanidine groups is 1. The zero-order valence-electron chi connectivity index (χ0n) is 15.8. The molecule has 26 heavy (non-hydrogen) atoms. The summed E-state index contributed by atoms with van der Waals surface area (Å²) in [5, 5.41) is 6.27. The SMILES string of the molecule is CCCCOCCOCCN=C(NCC)NCCc1cc(F)cc(F)c1. The van der Waals surface area contributed by atoms with Gasteiger partial charge < -0.3 is 20.1 Å². The largest absolute Gasteiger partial charge is 0.379 e. The standard InChI is InChI=1S/C19H31F2N3O2/c1-3-5-9-25-11-12-26-10-8-24-19(22-4-2)23-7-6-16-13-17(20)15-18(21)14-16/h13-15H,3-12H2,1-2H3,(H2,22,23,24). The van der Waals surface area contributed by atoms with Crippen LogP contribution in [0, 0.1) is 11.6 Å². The molecule has 148 valence electrons. The fraction of sp³-hybridized carbons (Fsp3) is 0.632. The zero-order chi connectivity index (χ0) is 19.0. The monoisotopic (exact) mass is 371 g/mol. The normalized spacial score (nSPS) is 11.6. The topological polar surface area (TPSA) is 54.9 Å². The van der Waals surface area contributed by atoms with Gasteiger partial charge in [0.05, 0.1) is 26.4 Å². The van der Waals surface area contributed by atoms with Gasteiger partial charge in [0.2, 0.25) is 0 Å². The molecule has 0 aromatic heterocycles. The average Bonchev–Trinajstić information content (AvgIpc) is 2.59. The van der Waals surface area contributed by atoms with Crippen LogP contribution in [0.2, 0.25) is 0 Å². The highest BCUT2D eigenvalue weighted by Gasteiger charge is 2.02. The van der Waals surface area contributed by atoms with Gasteiger partial charge in [-0.15, -0.1) is 0 Å². The Labute approximate surface area is 155 Å². The molecular formula is C19H31F2N3O2. The molecule has 1 aromatic rings. The summed E-state index contributed by atoms with van der Waals surface area (Å²) < 4.78 is 37.2. The smallest absolute Gasteiger partial charge is 0.191 e. The van der Waals surface area contributed by atoms with Crippen molar-refractivity contribution in [2.24, 2.45) is 4.99 Å². The molecule has 0 unspecified atom stereocenters. The summed E-state index contributed by atoms with van der Waals surface area (Å²) in [6.45, 7) is 8.35. The van der Waals surface area contributed by atoms with Gasteiger partial charge in [0.1, 0.15) is 11.6 Å². The molecule has 5 nitrogen and oxygen atoms in total. The number of halogens is 2. The summed E-state index contributed by atoms with van der Waals surface area (Å²) in [5.74, 6) is -0.458. The van der Waals surface area contributed by atoms with E-state index in [9.17, 15) is 8.78 Å². The fourth-order valence-corrected chi connectivity index (χ4v) is 2.21. The molecule has 1 rings (SSSR count). The van der Waals surface area contributed by atoms with E-state index in [-0.39, 0.29) is 0 Å². The number of unbranched alkanes of at least 4 members (excludes halogenated alkanes) is 1. The van der Waals surface area contributed by atoms with Crippen molar-refractivity contribution in [2.75, 3.05) is 46.1 Å². The first-order valence-electron chi connectivity index (χ1n) is 9.28. The minimum Gasteiger partial charge on any atom is -0.379 e. The van der Waals surface area contributed by atoms with Gasteiger partial charge in [-0.25, -0.2) is 8.78 Å². The van der Waals surface area contributed by atoms with Gasteiger partial charge in [-0.05, 0) is 37.5 Å². The van der Waals surface area contributed by atoms with Crippen molar-refractivity contribution in [2.45, 2.75) is 33.1 Å². The molecule has 2 N–H and O–H groups in total. The van der Waals surface area contributed by atoms with E-state index in [0.717, 1.165) is 32.1 Å². The quantitative estimate of drug-likeness (QED) is 0.318. The van der Waals surface area contributed by atoms with Crippen molar-refractivity contribution in [1.29, 1.82) is 0 Å². The van der Waals surface area contributed by atoms with Gasteiger partial charge in [0, 0.05) is 25.8 Å². The van der Waals surface area contributed by atoms with Crippen LogP contribution >= 0.6 is 0 Å². The lowest BCUT2D eigenvalue weighted by Crippen LogP contribution is -2.38. The van der Waals surface area contributed by atoms with Crippen molar-refractivity contribution in [3.05, 3.63) is 35.4 Å². The maximum absolute atomic E-state index is 13.2. The molecule has 0 saturated carbocycles. The van der Waals surface area contributed by atoms with Crippen LogP contribution < -0.4 is 10.6 Å². The highest BCUT2D eigenvalue weighted by molar-refractivity contribution is 5.79. The van der Waals surface area contributed by atoms with E-state index < -0.39 is 11.6 Å². The first kappa shape index (κ1) is 22.3. The van der Waals surface area contributed by atoms with Crippen LogP contribution in [0.5, 0.6) is 0 Å². The Morgan fingerprint density at radius 3 is 2.31 bits per heavy atom. The molecule has 0 bridgehead atoms. The second-order valence-electron chi connectivity index (χ2n) is 5.79. The third-order valence-electron chi connectivity index (χ3n) is 3.49. The van der Waals surface area contributed by atoms with E-state index in [1.54, 1.807) is 0 Å². The van der Waals surface area contributed by atoms with E-state index >= 15 is 0 Å². The third kappa shape index (κ3) is 11.0. The Kier molecular flexibility index (Phi) is 12.4. The van der Waals surface area contributed by atoms with Gasteiger partial charge in [-0.3, -0.25) is 4.99 Å². The third-order valence-corrected chi connectivity index (χ3v) is 3.49. The summed E-state index contributed by atoms with van der Waals surface area (Å²) >= 11 is 0. The molecule has 0 aliphatic heterocycles. The predicted molar refractivity (Wildman–Crippen MR) is 101 cm³/mol. The Hall–Kier alpha value is -1.73. The van der Waals surface area contributed by atoms with Gasteiger partial charge in [0.25, 0.3) is 0 Å². The molecule has 7 heteroatoms. The molecule has 0 amide bonds. The molecule has 0 aliphatic carbocycles. The highest BCUT2D eigenvalue weighted by atomic mass is 19.1. The second-order valence-corrected chi connectivity index (χ2v) is 5.79. The molecule has 1 aromatic carbocycles. The number of benzene rings is 1. The van der Waals surface area contributed by atoms with Crippen LogP contribution in [0.25, 0.3) is 0 Å². The number of ether oxygens (including phenoxy) is 2. The van der Waals surface area contributed by atoms with Gasteiger partial charge >= 0.3 is 0 Å². The van der Waals surface area contributed by atoms with Crippen LogP contribution in [-0.2, 0) is 15.9 Å². The molecule has 0 radical (unpaired) electrons. The predicted octanol–water partition coefficient (Wildman–Crippen LogP) is 2.90. The van der Waals surface area contributed by atoms with E-state index in [1.165, 1.54) is 12.1 Å². The summed E-state index contributed by atoms with van der Waals surface area (Å²) in [6, 6.07) is 3.55. The Balaban J connectivity index is 2.22. The van der Waals surface area contributed by atoms with E-state index in [0.29, 0.717) is 50.9 Å². The summed E-state index contributed by atoms with van der Waals surface area (Å²) in [4.78, 5) is 4.41. The first-order valence-corrected chi connectivity index (χ1v) is 9.28. The number of nitrogens with zero attached hydrogens (tertiary/aromatic N) is 1. The van der Waals surface area contributed by atoms with Crippen molar-refractivity contribution in [3.8, 4) is 0 Å². The zero-order valence-corrected chi connectivity index (χ0v) is 15.8. The minimum atomic E-state index is -0.559. The number of nitrogens with one attached hydrogen (secondary N) is 2. The maximum atomic E-state index is 13.2. The summed E-state index contributed by atoms with van der Waals surface area (Å²) in [5.41, 5.74) is 0.609. The van der Waals surface area contributed by atoms with Gasteiger partial charge in [-0.2, -0.15) is 0 Å². The van der Waals surface area contributed by atoms with E-state index in [4.69, 9.17) is 9.47 Å². The van der Waals surface area contributed by atoms with Gasteiger partial charge in [-0.1, -0.05) is 13.3 Å². The fourth-order valence-electron chi connectivity index (χ4n) is 2.21. The van der Waals surface area contributed by atoms with Crippen LogP contribution in [-0.4, -0.2) is 52.0 Å². The summed E-state index contributed by atoms with van der Waals surface area (Å²) in [7, 11) is 0. The van der Waals surface area contributed by atoms with Crippen molar-refractivity contribution >= 4 is 5.96 Å². The van der Waals surface area contributed by atoms with Gasteiger partial charge in [0.15, 0.2) is 5.96 Å². The number of rotatable bonds is 13. The molecule has 0 aliphatic rings. The lowest BCUT2D eigenvalue weighted by molar-refractivity contribution is 0.0497. The number of hydrogen-bond acceptors (Lipinski definition) is 3. The molecule has 0 heterocycles. The first-order chi connectivity index (χ1) is 12.7. The molecule has 0 spiro atoms.